The number of fused-ring (bicyclic) bond motifs is 3. The first-order chi connectivity index (χ1) is 9.43. The summed E-state index contributed by atoms with van der Waals surface area (Å²) >= 11 is 0. The van der Waals surface area contributed by atoms with E-state index in [4.69, 9.17) is 4.74 Å². The van der Waals surface area contributed by atoms with E-state index in [2.05, 4.69) is 58.0 Å². The Morgan fingerprint density at radius 2 is 1.53 bits per heavy atom. The van der Waals surface area contributed by atoms with Gasteiger partial charge in [0.1, 0.15) is 6.73 Å². The first-order valence-corrected chi connectivity index (χ1v) is 6.69. The van der Waals surface area contributed by atoms with Crippen LogP contribution in [0.3, 0.4) is 0 Å². The zero-order chi connectivity index (χ0) is 12.7. The topological polar surface area (TPSA) is 17.4 Å². The van der Waals surface area contributed by atoms with E-state index in [1.807, 2.05) is 0 Å². The fraction of sp³-hybridized carbons (Fsp3) is 0.250. The van der Waals surface area contributed by atoms with Crippen LogP contribution in [0.5, 0.6) is 0 Å². The van der Waals surface area contributed by atoms with E-state index in [1.54, 1.807) is 0 Å². The van der Waals surface area contributed by atoms with E-state index in [0.717, 1.165) is 26.6 Å². The van der Waals surface area contributed by atoms with Crippen molar-refractivity contribution in [3.63, 3.8) is 0 Å². The molecule has 3 nitrogen and oxygen atoms in total. The highest BCUT2D eigenvalue weighted by Crippen LogP contribution is 2.28. The minimum atomic E-state index is 0.737. The van der Waals surface area contributed by atoms with Crippen molar-refractivity contribution in [2.75, 3.05) is 19.9 Å². The molecule has 19 heavy (non-hydrogen) atoms. The van der Waals surface area contributed by atoms with Crippen LogP contribution in [0.15, 0.2) is 48.5 Å². The molecule has 1 aliphatic heterocycles. The molecule has 0 saturated carbocycles. The van der Waals surface area contributed by atoms with Gasteiger partial charge in [0.15, 0.2) is 0 Å². The van der Waals surface area contributed by atoms with Crippen molar-refractivity contribution in [2.45, 2.75) is 6.67 Å². The van der Waals surface area contributed by atoms with Gasteiger partial charge in [-0.25, -0.2) is 0 Å². The van der Waals surface area contributed by atoms with Gasteiger partial charge in [0.05, 0.1) is 24.3 Å². The Labute approximate surface area is 112 Å². The number of benzene rings is 2. The molecule has 0 N–H and O–H groups in total. The standard InChI is InChI=1S/C16H16N2O/c1-3-7-15-13(5-1)14-6-2-4-8-16(14)18(15)11-17-9-10-19-12-17/h1-8H,9-12H2. The second kappa shape index (κ2) is 4.37. The Hall–Kier alpha value is -1.84. The molecule has 0 unspecified atom stereocenters. The normalized spacial score (nSPS) is 16.6. The van der Waals surface area contributed by atoms with Gasteiger partial charge in [-0.05, 0) is 12.1 Å². The van der Waals surface area contributed by atoms with Crippen LogP contribution in [0.1, 0.15) is 0 Å². The molecule has 3 aromatic rings. The monoisotopic (exact) mass is 252 g/mol. The van der Waals surface area contributed by atoms with Crippen molar-refractivity contribution in [1.82, 2.24) is 9.47 Å². The number of hydrogen-bond acceptors (Lipinski definition) is 2. The van der Waals surface area contributed by atoms with Gasteiger partial charge in [-0.2, -0.15) is 0 Å². The number of para-hydroxylation sites is 2. The summed E-state index contributed by atoms with van der Waals surface area (Å²) < 4.78 is 7.83. The first kappa shape index (κ1) is 11.0. The summed E-state index contributed by atoms with van der Waals surface area (Å²) in [4.78, 5) is 2.33. The van der Waals surface area contributed by atoms with Crippen molar-refractivity contribution < 1.29 is 4.74 Å². The van der Waals surface area contributed by atoms with Crippen molar-refractivity contribution in [1.29, 1.82) is 0 Å². The minimum absolute atomic E-state index is 0.737. The highest BCUT2D eigenvalue weighted by atomic mass is 16.5. The van der Waals surface area contributed by atoms with Crippen molar-refractivity contribution >= 4 is 21.8 Å². The number of hydrogen-bond donors (Lipinski definition) is 0. The molecule has 0 atom stereocenters. The first-order valence-electron chi connectivity index (χ1n) is 6.69. The molecule has 0 radical (unpaired) electrons. The molecule has 1 fully saturated rings. The summed E-state index contributed by atoms with van der Waals surface area (Å²) in [5.74, 6) is 0. The number of nitrogens with zero attached hydrogens (tertiary/aromatic N) is 2. The highest BCUT2D eigenvalue weighted by Gasteiger charge is 2.15. The molecular weight excluding hydrogens is 236 g/mol. The molecule has 1 aromatic heterocycles. The molecule has 1 aliphatic rings. The van der Waals surface area contributed by atoms with Crippen LogP contribution >= 0.6 is 0 Å². The number of rotatable bonds is 2. The van der Waals surface area contributed by atoms with E-state index in [9.17, 15) is 0 Å². The molecule has 0 amide bonds. The van der Waals surface area contributed by atoms with E-state index in [-0.39, 0.29) is 0 Å². The van der Waals surface area contributed by atoms with Crippen molar-refractivity contribution in [3.8, 4) is 0 Å². The van der Waals surface area contributed by atoms with Gasteiger partial charge in [-0.1, -0.05) is 36.4 Å². The van der Waals surface area contributed by atoms with Gasteiger partial charge < -0.3 is 9.30 Å². The Morgan fingerprint density at radius 3 is 2.11 bits per heavy atom. The number of aromatic nitrogens is 1. The Balaban J connectivity index is 1.94. The average Bonchev–Trinajstić information content (AvgIpc) is 3.08. The predicted octanol–water partition coefficient (Wildman–Crippen LogP) is 3.04. The van der Waals surface area contributed by atoms with Crippen molar-refractivity contribution in [3.05, 3.63) is 48.5 Å². The molecule has 3 heteroatoms. The summed E-state index contributed by atoms with van der Waals surface area (Å²) in [6, 6.07) is 17.2. The van der Waals surface area contributed by atoms with Crippen LogP contribution in [0.4, 0.5) is 0 Å². The van der Waals surface area contributed by atoms with Crippen LogP contribution in [-0.2, 0) is 11.4 Å². The van der Waals surface area contributed by atoms with E-state index in [1.165, 1.54) is 21.8 Å². The van der Waals surface area contributed by atoms with Crippen LogP contribution in [0.2, 0.25) is 0 Å². The Bertz CT molecular complexity index is 673. The fourth-order valence-corrected chi connectivity index (χ4v) is 2.92. The Kier molecular flexibility index (Phi) is 2.53. The lowest BCUT2D eigenvalue weighted by molar-refractivity contribution is 0.125. The summed E-state index contributed by atoms with van der Waals surface area (Å²) in [5.41, 5.74) is 2.60. The zero-order valence-corrected chi connectivity index (χ0v) is 10.7. The van der Waals surface area contributed by atoms with Gasteiger partial charge in [0.2, 0.25) is 0 Å². The molecule has 0 spiro atoms. The molecule has 0 aliphatic carbocycles. The molecule has 4 rings (SSSR count). The average molecular weight is 252 g/mol. The summed E-state index contributed by atoms with van der Waals surface area (Å²) in [7, 11) is 0. The van der Waals surface area contributed by atoms with Crippen LogP contribution in [0, 0.1) is 0 Å². The predicted molar refractivity (Wildman–Crippen MR) is 77.0 cm³/mol. The summed E-state index contributed by atoms with van der Waals surface area (Å²) in [6.45, 7) is 3.49. The second-order valence-electron chi connectivity index (χ2n) is 5.04. The molecule has 1 saturated heterocycles. The van der Waals surface area contributed by atoms with Gasteiger partial charge in [0, 0.05) is 17.3 Å². The summed E-state index contributed by atoms with van der Waals surface area (Å²) in [5, 5.41) is 2.66. The third kappa shape index (κ3) is 1.74. The Morgan fingerprint density at radius 1 is 0.895 bits per heavy atom. The van der Waals surface area contributed by atoms with Crippen LogP contribution in [-0.4, -0.2) is 29.3 Å². The smallest absolute Gasteiger partial charge is 0.101 e. The van der Waals surface area contributed by atoms with E-state index in [0.29, 0.717) is 0 Å². The lowest BCUT2D eigenvalue weighted by atomic mass is 10.2. The molecule has 2 aromatic carbocycles. The molecular formula is C16H16N2O. The maximum absolute atomic E-state index is 5.44. The lowest BCUT2D eigenvalue weighted by Crippen LogP contribution is -2.23. The molecule has 96 valence electrons. The van der Waals surface area contributed by atoms with Gasteiger partial charge in [-0.15, -0.1) is 0 Å². The van der Waals surface area contributed by atoms with Gasteiger partial charge in [0.25, 0.3) is 0 Å². The number of ether oxygens (including phenoxy) is 1. The quantitative estimate of drug-likeness (QED) is 0.697. The molecule has 2 heterocycles. The fourth-order valence-electron chi connectivity index (χ4n) is 2.92. The van der Waals surface area contributed by atoms with Gasteiger partial charge >= 0.3 is 0 Å². The van der Waals surface area contributed by atoms with Gasteiger partial charge in [-0.3, -0.25) is 4.90 Å². The maximum atomic E-state index is 5.44. The highest BCUT2D eigenvalue weighted by molar-refractivity contribution is 6.07. The molecule has 0 bridgehead atoms. The third-order valence-electron chi connectivity index (χ3n) is 3.85. The third-order valence-corrected chi connectivity index (χ3v) is 3.85. The van der Waals surface area contributed by atoms with Crippen LogP contribution in [0.25, 0.3) is 21.8 Å². The maximum Gasteiger partial charge on any atom is 0.101 e. The zero-order valence-electron chi connectivity index (χ0n) is 10.7. The van der Waals surface area contributed by atoms with Crippen LogP contribution < -0.4 is 0 Å². The summed E-state index contributed by atoms with van der Waals surface area (Å²) in [6.07, 6.45) is 0. The van der Waals surface area contributed by atoms with E-state index < -0.39 is 0 Å². The van der Waals surface area contributed by atoms with E-state index >= 15 is 0 Å². The largest absolute Gasteiger partial charge is 0.365 e. The minimum Gasteiger partial charge on any atom is -0.365 e. The van der Waals surface area contributed by atoms with Crippen molar-refractivity contribution in [2.24, 2.45) is 0 Å². The second-order valence-corrected chi connectivity index (χ2v) is 5.04. The SMILES string of the molecule is c1ccc2c(c1)c1ccccc1n2CN1CCOC1. The lowest BCUT2D eigenvalue weighted by Gasteiger charge is -2.16.